The van der Waals surface area contributed by atoms with Crippen molar-refractivity contribution in [2.45, 2.75) is 45.2 Å². The van der Waals surface area contributed by atoms with Gasteiger partial charge in [0.25, 0.3) is 5.91 Å². The molecule has 0 bridgehead atoms. The molecule has 33 heavy (non-hydrogen) atoms. The molecule has 0 aliphatic carbocycles. The van der Waals surface area contributed by atoms with Crippen molar-refractivity contribution < 1.29 is 19.1 Å². The molecule has 3 amide bonds. The number of amides is 3. The van der Waals surface area contributed by atoms with Gasteiger partial charge in [-0.3, -0.25) is 19.3 Å². The van der Waals surface area contributed by atoms with Crippen LogP contribution >= 0.6 is 0 Å². The monoisotopic (exact) mass is 452 g/mol. The fourth-order valence-electron chi connectivity index (χ4n) is 3.82. The second-order valence-electron chi connectivity index (χ2n) is 8.19. The largest absolute Gasteiger partial charge is 0.494 e. The lowest BCUT2D eigenvalue weighted by atomic mass is 10.1. The molecular formula is C25H32N4O4. The van der Waals surface area contributed by atoms with E-state index in [-0.39, 0.29) is 30.3 Å². The van der Waals surface area contributed by atoms with Gasteiger partial charge in [0.15, 0.2) is 0 Å². The first-order valence-corrected chi connectivity index (χ1v) is 11.4. The Balaban J connectivity index is 1.47. The van der Waals surface area contributed by atoms with Gasteiger partial charge in [-0.1, -0.05) is 25.5 Å². The molecular weight excluding hydrogens is 420 g/mol. The van der Waals surface area contributed by atoms with Gasteiger partial charge in [-0.25, -0.2) is 0 Å². The number of carbonyl (C=O) groups excluding carboxylic acids is 3. The summed E-state index contributed by atoms with van der Waals surface area (Å²) in [5.74, 6) is -0.234. The average Bonchev–Trinajstić information content (AvgIpc) is 3.27. The van der Waals surface area contributed by atoms with Crippen LogP contribution in [0, 0.1) is 0 Å². The first-order valence-electron chi connectivity index (χ1n) is 11.4. The number of nitrogens with one attached hydrogen (secondary N) is 2. The van der Waals surface area contributed by atoms with Crippen molar-refractivity contribution in [2.24, 2.45) is 5.73 Å². The standard InChI is InChI=1S/C25H32N4O4/c1-2-3-14-33-21-11-9-19(10-12-21)25(32)27-16-23(30)28-20-7-4-6-18(15-20)17-29-13-5-8-22(29)24(26)31/h4,6-7,9-12,15,22H,2-3,5,8,13-14,16-17H2,1H3,(H2,26,31)(H,27,32)(H,28,30). The van der Waals surface area contributed by atoms with E-state index < -0.39 is 0 Å². The van der Waals surface area contributed by atoms with Crippen molar-refractivity contribution in [1.82, 2.24) is 10.2 Å². The molecule has 1 unspecified atom stereocenters. The molecule has 1 aliphatic rings. The number of nitrogens with two attached hydrogens (primary N) is 1. The van der Waals surface area contributed by atoms with Crippen molar-refractivity contribution in [3.05, 3.63) is 59.7 Å². The van der Waals surface area contributed by atoms with E-state index >= 15 is 0 Å². The summed E-state index contributed by atoms with van der Waals surface area (Å²) in [5, 5.41) is 5.43. The SMILES string of the molecule is CCCCOc1ccc(C(=O)NCC(=O)Nc2cccc(CN3CCCC3C(N)=O)c2)cc1. The van der Waals surface area contributed by atoms with Gasteiger partial charge in [-0.2, -0.15) is 0 Å². The molecule has 3 rings (SSSR count). The molecule has 8 heteroatoms. The van der Waals surface area contributed by atoms with E-state index in [0.717, 1.165) is 37.8 Å². The third kappa shape index (κ3) is 7.32. The third-order valence-corrected chi connectivity index (χ3v) is 5.58. The quantitative estimate of drug-likeness (QED) is 0.454. The summed E-state index contributed by atoms with van der Waals surface area (Å²) in [6.45, 7) is 4.01. The first-order chi connectivity index (χ1) is 16.0. The lowest BCUT2D eigenvalue weighted by Crippen LogP contribution is -2.39. The highest BCUT2D eigenvalue weighted by Gasteiger charge is 2.28. The van der Waals surface area contributed by atoms with Crippen LogP contribution < -0.4 is 21.1 Å². The smallest absolute Gasteiger partial charge is 0.251 e. The molecule has 1 heterocycles. The highest BCUT2D eigenvalue weighted by Crippen LogP contribution is 2.21. The second kappa shape index (κ2) is 12.0. The van der Waals surface area contributed by atoms with E-state index in [1.54, 1.807) is 30.3 Å². The fourth-order valence-corrected chi connectivity index (χ4v) is 3.82. The van der Waals surface area contributed by atoms with Crippen LogP contribution in [0.4, 0.5) is 5.69 Å². The molecule has 2 aromatic carbocycles. The van der Waals surface area contributed by atoms with Crippen LogP contribution in [0.2, 0.25) is 0 Å². The normalized spacial score (nSPS) is 15.7. The van der Waals surface area contributed by atoms with Gasteiger partial charge in [0, 0.05) is 17.8 Å². The molecule has 0 saturated carbocycles. The van der Waals surface area contributed by atoms with Crippen molar-refractivity contribution >= 4 is 23.4 Å². The minimum Gasteiger partial charge on any atom is -0.494 e. The van der Waals surface area contributed by atoms with Crippen LogP contribution in [0.5, 0.6) is 5.75 Å². The van der Waals surface area contributed by atoms with Crippen LogP contribution in [0.15, 0.2) is 48.5 Å². The molecule has 1 aliphatic heterocycles. The molecule has 8 nitrogen and oxygen atoms in total. The minimum atomic E-state index is -0.328. The Morgan fingerprint density at radius 2 is 1.94 bits per heavy atom. The van der Waals surface area contributed by atoms with Crippen molar-refractivity contribution in [3.8, 4) is 5.75 Å². The molecule has 2 aromatic rings. The van der Waals surface area contributed by atoms with Crippen molar-refractivity contribution in [2.75, 3.05) is 25.0 Å². The molecule has 4 N–H and O–H groups in total. The third-order valence-electron chi connectivity index (χ3n) is 5.58. The maximum atomic E-state index is 12.3. The predicted octanol–water partition coefficient (Wildman–Crippen LogP) is 2.68. The summed E-state index contributed by atoms with van der Waals surface area (Å²) in [7, 11) is 0. The Labute approximate surface area is 194 Å². The van der Waals surface area contributed by atoms with Gasteiger partial charge in [0.1, 0.15) is 5.75 Å². The van der Waals surface area contributed by atoms with E-state index in [1.807, 2.05) is 18.2 Å². The summed E-state index contributed by atoms with van der Waals surface area (Å²) < 4.78 is 5.59. The summed E-state index contributed by atoms with van der Waals surface area (Å²) >= 11 is 0. The summed E-state index contributed by atoms with van der Waals surface area (Å²) in [6.07, 6.45) is 3.76. The van der Waals surface area contributed by atoms with Gasteiger partial charge in [-0.05, 0) is 67.8 Å². The van der Waals surface area contributed by atoms with E-state index in [4.69, 9.17) is 10.5 Å². The maximum absolute atomic E-state index is 12.3. The number of unbranched alkanes of at least 4 members (excludes halogenated alkanes) is 1. The van der Waals surface area contributed by atoms with E-state index in [9.17, 15) is 14.4 Å². The average molecular weight is 453 g/mol. The van der Waals surface area contributed by atoms with Gasteiger partial charge in [0.05, 0.1) is 19.2 Å². The zero-order valence-corrected chi connectivity index (χ0v) is 19.0. The highest BCUT2D eigenvalue weighted by molar-refractivity contribution is 5.99. The number of carbonyl (C=O) groups is 3. The summed E-state index contributed by atoms with van der Waals surface area (Å²) in [5.41, 5.74) is 7.56. The number of hydrogen-bond acceptors (Lipinski definition) is 5. The number of likely N-dealkylation sites (tertiary alicyclic amines) is 1. The van der Waals surface area contributed by atoms with Gasteiger partial charge >= 0.3 is 0 Å². The van der Waals surface area contributed by atoms with Gasteiger partial charge < -0.3 is 21.1 Å². The lowest BCUT2D eigenvalue weighted by molar-refractivity contribution is -0.122. The molecule has 0 spiro atoms. The van der Waals surface area contributed by atoms with Crippen LogP contribution in [-0.2, 0) is 16.1 Å². The topological polar surface area (TPSA) is 114 Å². The first kappa shape index (κ1) is 24.3. The van der Waals surface area contributed by atoms with Gasteiger partial charge in [-0.15, -0.1) is 0 Å². The molecule has 0 radical (unpaired) electrons. The Morgan fingerprint density at radius 1 is 1.15 bits per heavy atom. The second-order valence-corrected chi connectivity index (χ2v) is 8.19. The highest BCUT2D eigenvalue weighted by atomic mass is 16.5. The predicted molar refractivity (Wildman–Crippen MR) is 127 cm³/mol. The summed E-state index contributed by atoms with van der Waals surface area (Å²) in [6, 6.07) is 14.1. The van der Waals surface area contributed by atoms with Crippen LogP contribution in [0.3, 0.4) is 0 Å². The molecule has 176 valence electrons. The Bertz CT molecular complexity index is 961. The number of anilines is 1. The number of rotatable bonds is 11. The summed E-state index contributed by atoms with van der Waals surface area (Å²) in [4.78, 5) is 38.3. The van der Waals surface area contributed by atoms with Crippen LogP contribution in [0.25, 0.3) is 0 Å². The maximum Gasteiger partial charge on any atom is 0.251 e. The number of benzene rings is 2. The Hall–Kier alpha value is -3.39. The van der Waals surface area contributed by atoms with Crippen molar-refractivity contribution in [1.29, 1.82) is 0 Å². The molecule has 1 atom stereocenters. The lowest BCUT2D eigenvalue weighted by Gasteiger charge is -2.22. The van der Waals surface area contributed by atoms with E-state index in [2.05, 4.69) is 22.5 Å². The number of hydrogen-bond donors (Lipinski definition) is 3. The van der Waals surface area contributed by atoms with E-state index in [0.29, 0.717) is 30.2 Å². The van der Waals surface area contributed by atoms with Crippen LogP contribution in [-0.4, -0.2) is 48.4 Å². The zero-order valence-electron chi connectivity index (χ0n) is 19.0. The van der Waals surface area contributed by atoms with Gasteiger partial charge in [0.2, 0.25) is 11.8 Å². The van der Waals surface area contributed by atoms with Crippen molar-refractivity contribution in [3.63, 3.8) is 0 Å². The Morgan fingerprint density at radius 3 is 2.67 bits per heavy atom. The number of nitrogens with zero attached hydrogens (tertiary/aromatic N) is 1. The van der Waals surface area contributed by atoms with E-state index in [1.165, 1.54) is 0 Å². The molecule has 1 saturated heterocycles. The van der Waals surface area contributed by atoms with Crippen LogP contribution in [0.1, 0.15) is 48.5 Å². The number of primary amides is 1. The fraction of sp³-hybridized carbons (Fsp3) is 0.400. The molecule has 1 fully saturated rings. The Kier molecular flexibility index (Phi) is 8.83. The minimum absolute atomic E-state index is 0.145. The zero-order chi connectivity index (χ0) is 23.6. The number of ether oxygens (including phenoxy) is 1. The molecule has 0 aromatic heterocycles.